The fourth-order valence-corrected chi connectivity index (χ4v) is 2.19. The summed E-state index contributed by atoms with van der Waals surface area (Å²) >= 11 is 0. The van der Waals surface area contributed by atoms with Crippen LogP contribution < -0.4 is 11.1 Å². The molecule has 19 heavy (non-hydrogen) atoms. The number of hydrogen-bond donors (Lipinski definition) is 3. The van der Waals surface area contributed by atoms with Gasteiger partial charge in [-0.3, -0.25) is 14.5 Å². The van der Waals surface area contributed by atoms with Crippen molar-refractivity contribution in [3.63, 3.8) is 0 Å². The van der Waals surface area contributed by atoms with Crippen LogP contribution in [0.15, 0.2) is 0 Å². The van der Waals surface area contributed by atoms with Crippen LogP contribution >= 0.6 is 0 Å². The molecule has 0 aromatic heterocycles. The smallest absolute Gasteiger partial charge is 0.303 e. The van der Waals surface area contributed by atoms with Crippen LogP contribution in [0.3, 0.4) is 0 Å². The van der Waals surface area contributed by atoms with E-state index < -0.39 is 5.97 Å². The predicted molar refractivity (Wildman–Crippen MR) is 71.8 cm³/mol. The van der Waals surface area contributed by atoms with Crippen molar-refractivity contribution in [2.24, 2.45) is 5.73 Å². The number of nitrogens with zero attached hydrogens (tertiary/aromatic N) is 2. The van der Waals surface area contributed by atoms with Gasteiger partial charge in [-0.15, -0.1) is 0 Å². The molecule has 4 N–H and O–H groups in total. The molecule has 0 aromatic rings. The number of likely N-dealkylation sites (N-methyl/N-ethyl adjacent to an activating group) is 1. The molecule has 1 aliphatic heterocycles. The highest BCUT2D eigenvalue weighted by Crippen LogP contribution is 2.06. The molecule has 0 aliphatic carbocycles. The molecule has 1 amide bonds. The average molecular weight is 272 g/mol. The summed E-state index contributed by atoms with van der Waals surface area (Å²) < 4.78 is 0. The van der Waals surface area contributed by atoms with Crippen molar-refractivity contribution in [3.05, 3.63) is 0 Å². The van der Waals surface area contributed by atoms with Crippen molar-refractivity contribution in [2.45, 2.75) is 18.9 Å². The average Bonchev–Trinajstić information content (AvgIpc) is 2.36. The van der Waals surface area contributed by atoms with Crippen LogP contribution in [0.2, 0.25) is 0 Å². The normalized spacial score (nSPS) is 21.3. The van der Waals surface area contributed by atoms with Crippen LogP contribution in [0.1, 0.15) is 12.8 Å². The summed E-state index contributed by atoms with van der Waals surface area (Å²) in [7, 11) is 2.05. The van der Waals surface area contributed by atoms with Gasteiger partial charge in [-0.05, 0) is 13.5 Å². The van der Waals surface area contributed by atoms with Gasteiger partial charge in [0, 0.05) is 45.2 Å². The lowest BCUT2D eigenvalue weighted by molar-refractivity contribution is -0.137. The second-order valence-electron chi connectivity index (χ2n) is 4.97. The van der Waals surface area contributed by atoms with E-state index in [4.69, 9.17) is 10.8 Å². The van der Waals surface area contributed by atoms with Gasteiger partial charge in [0.05, 0.1) is 6.54 Å². The fraction of sp³-hybridized carbons (Fsp3) is 0.833. The Hall–Kier alpha value is -1.18. The molecule has 0 aromatic carbocycles. The molecule has 1 rings (SSSR count). The number of carboxylic acids is 1. The Morgan fingerprint density at radius 1 is 1.42 bits per heavy atom. The SMILES string of the molecule is CN1CCN(CC(=O)NCCCC(=O)O)C(CN)C1. The number of aliphatic carboxylic acids is 1. The van der Waals surface area contributed by atoms with E-state index in [2.05, 4.69) is 15.1 Å². The first-order valence-corrected chi connectivity index (χ1v) is 6.64. The topological polar surface area (TPSA) is 98.9 Å². The maximum absolute atomic E-state index is 11.7. The highest BCUT2D eigenvalue weighted by atomic mass is 16.4. The third kappa shape index (κ3) is 6.00. The first-order chi connectivity index (χ1) is 9.02. The minimum atomic E-state index is -0.837. The largest absolute Gasteiger partial charge is 0.481 e. The molecule has 1 fully saturated rings. The molecule has 1 heterocycles. The quantitative estimate of drug-likeness (QED) is 0.490. The minimum Gasteiger partial charge on any atom is -0.481 e. The Morgan fingerprint density at radius 2 is 2.16 bits per heavy atom. The van der Waals surface area contributed by atoms with Crippen LogP contribution in [-0.2, 0) is 9.59 Å². The summed E-state index contributed by atoms with van der Waals surface area (Å²) in [6, 6.07) is 0.212. The van der Waals surface area contributed by atoms with Gasteiger partial charge in [0.2, 0.25) is 5.91 Å². The van der Waals surface area contributed by atoms with Crippen molar-refractivity contribution in [3.8, 4) is 0 Å². The number of carbonyl (C=O) groups excluding carboxylic acids is 1. The summed E-state index contributed by atoms with van der Waals surface area (Å²) in [6.45, 7) is 3.93. The second kappa shape index (κ2) is 8.08. The molecule has 0 spiro atoms. The molecule has 1 saturated heterocycles. The molecule has 7 heteroatoms. The molecule has 0 radical (unpaired) electrons. The number of rotatable bonds is 7. The predicted octanol–water partition coefficient (Wildman–Crippen LogP) is -1.46. The fourth-order valence-electron chi connectivity index (χ4n) is 2.19. The van der Waals surface area contributed by atoms with Crippen molar-refractivity contribution < 1.29 is 14.7 Å². The van der Waals surface area contributed by atoms with E-state index in [1.54, 1.807) is 0 Å². The molecule has 1 unspecified atom stereocenters. The van der Waals surface area contributed by atoms with Gasteiger partial charge >= 0.3 is 5.97 Å². The van der Waals surface area contributed by atoms with E-state index in [0.29, 0.717) is 26.1 Å². The van der Waals surface area contributed by atoms with E-state index in [1.807, 2.05) is 7.05 Å². The van der Waals surface area contributed by atoms with E-state index in [9.17, 15) is 9.59 Å². The number of hydrogen-bond acceptors (Lipinski definition) is 5. The Balaban J connectivity index is 2.25. The van der Waals surface area contributed by atoms with Crippen LogP contribution in [0, 0.1) is 0 Å². The van der Waals surface area contributed by atoms with Crippen LogP contribution in [0.25, 0.3) is 0 Å². The molecular weight excluding hydrogens is 248 g/mol. The Kier molecular flexibility index (Phi) is 6.75. The van der Waals surface area contributed by atoms with Crippen molar-refractivity contribution in [1.82, 2.24) is 15.1 Å². The zero-order chi connectivity index (χ0) is 14.3. The standard InChI is InChI=1S/C12H24N4O3/c1-15-5-6-16(10(7-13)8-15)9-11(17)14-4-2-3-12(18)19/h10H,2-9,13H2,1H3,(H,14,17)(H,18,19). The number of nitrogens with one attached hydrogen (secondary N) is 1. The van der Waals surface area contributed by atoms with Gasteiger partial charge in [0.1, 0.15) is 0 Å². The van der Waals surface area contributed by atoms with Crippen LogP contribution in [-0.4, -0.2) is 79.1 Å². The summed E-state index contributed by atoms with van der Waals surface area (Å²) in [4.78, 5) is 26.4. The van der Waals surface area contributed by atoms with Gasteiger partial charge < -0.3 is 21.1 Å². The third-order valence-corrected chi connectivity index (χ3v) is 3.32. The number of carboxylic acid groups (broad SMARTS) is 1. The van der Waals surface area contributed by atoms with Crippen molar-refractivity contribution in [2.75, 3.05) is 46.3 Å². The molecule has 0 bridgehead atoms. The summed E-state index contributed by atoms with van der Waals surface area (Å²) in [5.41, 5.74) is 5.72. The molecule has 0 saturated carbocycles. The van der Waals surface area contributed by atoms with E-state index in [-0.39, 0.29) is 18.4 Å². The van der Waals surface area contributed by atoms with Crippen molar-refractivity contribution >= 4 is 11.9 Å². The van der Waals surface area contributed by atoms with Crippen molar-refractivity contribution in [1.29, 1.82) is 0 Å². The van der Waals surface area contributed by atoms with Crippen LogP contribution in [0.5, 0.6) is 0 Å². The summed E-state index contributed by atoms with van der Waals surface area (Å²) in [6.07, 6.45) is 0.546. The zero-order valence-electron chi connectivity index (χ0n) is 11.5. The first kappa shape index (κ1) is 15.9. The molecule has 7 nitrogen and oxygen atoms in total. The van der Waals surface area contributed by atoms with Crippen LogP contribution in [0.4, 0.5) is 0 Å². The molecule has 110 valence electrons. The van der Waals surface area contributed by atoms with E-state index in [1.165, 1.54) is 0 Å². The Morgan fingerprint density at radius 3 is 2.79 bits per heavy atom. The maximum Gasteiger partial charge on any atom is 0.303 e. The summed E-state index contributed by atoms with van der Waals surface area (Å²) in [5.74, 6) is -0.898. The molecular formula is C12H24N4O3. The highest BCUT2D eigenvalue weighted by molar-refractivity contribution is 5.78. The first-order valence-electron chi connectivity index (χ1n) is 6.64. The third-order valence-electron chi connectivity index (χ3n) is 3.32. The lowest BCUT2D eigenvalue weighted by Gasteiger charge is -2.39. The van der Waals surface area contributed by atoms with Gasteiger partial charge in [-0.2, -0.15) is 0 Å². The summed E-state index contributed by atoms with van der Waals surface area (Å²) in [5, 5.41) is 11.2. The Bertz CT molecular complexity index is 311. The number of piperazine rings is 1. The second-order valence-corrected chi connectivity index (χ2v) is 4.97. The molecule has 1 aliphatic rings. The molecule has 1 atom stereocenters. The number of carbonyl (C=O) groups is 2. The lowest BCUT2D eigenvalue weighted by Crippen LogP contribution is -2.56. The number of amides is 1. The Labute approximate surface area is 113 Å². The zero-order valence-corrected chi connectivity index (χ0v) is 11.5. The minimum absolute atomic E-state index is 0.0617. The number of nitrogens with two attached hydrogens (primary N) is 1. The van der Waals surface area contributed by atoms with E-state index >= 15 is 0 Å². The van der Waals surface area contributed by atoms with Gasteiger partial charge in [-0.1, -0.05) is 0 Å². The van der Waals surface area contributed by atoms with Gasteiger partial charge in [0.15, 0.2) is 0 Å². The van der Waals surface area contributed by atoms with E-state index in [0.717, 1.165) is 19.6 Å². The maximum atomic E-state index is 11.7. The van der Waals surface area contributed by atoms with Gasteiger partial charge in [-0.25, -0.2) is 0 Å². The monoisotopic (exact) mass is 272 g/mol. The highest BCUT2D eigenvalue weighted by Gasteiger charge is 2.25. The van der Waals surface area contributed by atoms with Gasteiger partial charge in [0.25, 0.3) is 0 Å². The lowest BCUT2D eigenvalue weighted by atomic mass is 10.1.